The molecule has 7 nitrogen and oxygen atoms in total. The second-order valence-corrected chi connectivity index (χ2v) is 6.96. The van der Waals surface area contributed by atoms with Crippen molar-refractivity contribution < 1.29 is 28.6 Å². The Balaban J connectivity index is 2.19. The summed E-state index contributed by atoms with van der Waals surface area (Å²) in [5, 5.41) is 3.04. The van der Waals surface area contributed by atoms with Crippen molar-refractivity contribution in [1.29, 1.82) is 0 Å². The molecule has 0 bridgehead atoms. The number of ether oxygens (including phenoxy) is 3. The molecule has 1 N–H and O–H groups in total. The summed E-state index contributed by atoms with van der Waals surface area (Å²) in [6.45, 7) is 4.50. The van der Waals surface area contributed by atoms with Gasteiger partial charge in [-0.25, -0.2) is 4.79 Å². The number of ketones is 1. The molecule has 0 aliphatic rings. The highest BCUT2D eigenvalue weighted by Gasteiger charge is 2.23. The number of rotatable bonds is 7. The van der Waals surface area contributed by atoms with Crippen LogP contribution in [0.4, 0.5) is 5.00 Å². The van der Waals surface area contributed by atoms with Crippen LogP contribution in [0.1, 0.15) is 38.1 Å². The van der Waals surface area contributed by atoms with Gasteiger partial charge in [-0.2, -0.15) is 0 Å². The number of methoxy groups -OCH3 is 2. The summed E-state index contributed by atoms with van der Waals surface area (Å²) < 4.78 is 15.5. The Morgan fingerprint density at radius 3 is 2.41 bits per heavy atom. The van der Waals surface area contributed by atoms with E-state index in [1.165, 1.54) is 38.5 Å². The Kier molecular flexibility index (Phi) is 6.57. The molecule has 1 amide bonds. The van der Waals surface area contributed by atoms with E-state index < -0.39 is 18.4 Å². The normalized spacial score (nSPS) is 10.3. The van der Waals surface area contributed by atoms with Gasteiger partial charge in [-0.15, -0.1) is 11.3 Å². The molecule has 144 valence electrons. The average molecular weight is 391 g/mol. The Bertz CT molecular complexity index is 887. The summed E-state index contributed by atoms with van der Waals surface area (Å²) in [5.74, 6) is -0.538. The zero-order valence-electron chi connectivity index (χ0n) is 15.8. The van der Waals surface area contributed by atoms with Crippen molar-refractivity contribution in [1.82, 2.24) is 0 Å². The second kappa shape index (κ2) is 8.68. The third-order valence-electron chi connectivity index (χ3n) is 3.92. The first-order valence-electron chi connectivity index (χ1n) is 8.08. The topological polar surface area (TPSA) is 90.9 Å². The zero-order chi connectivity index (χ0) is 20.1. The minimum atomic E-state index is -0.671. The molecule has 0 saturated carbocycles. The molecule has 0 fully saturated rings. The highest BCUT2D eigenvalue weighted by molar-refractivity contribution is 7.16. The van der Waals surface area contributed by atoms with Crippen molar-refractivity contribution in [3.63, 3.8) is 0 Å². The maximum Gasteiger partial charge on any atom is 0.341 e. The largest absolute Gasteiger partial charge is 0.497 e. The molecule has 1 heterocycles. The summed E-state index contributed by atoms with van der Waals surface area (Å²) >= 11 is 1.29. The Morgan fingerprint density at radius 1 is 1.11 bits per heavy atom. The van der Waals surface area contributed by atoms with Crippen molar-refractivity contribution in [2.75, 3.05) is 26.1 Å². The fourth-order valence-corrected chi connectivity index (χ4v) is 3.53. The highest BCUT2D eigenvalue weighted by atomic mass is 32.1. The number of amides is 1. The van der Waals surface area contributed by atoms with Crippen LogP contribution in [-0.2, 0) is 9.53 Å². The monoisotopic (exact) mass is 391 g/mol. The summed E-state index contributed by atoms with van der Waals surface area (Å²) in [6.07, 6.45) is 0. The van der Waals surface area contributed by atoms with Gasteiger partial charge in [-0.3, -0.25) is 9.59 Å². The number of carbonyl (C=O) groups excluding carboxylic acids is 3. The van der Waals surface area contributed by atoms with E-state index in [0.717, 1.165) is 4.88 Å². The number of Topliss-reactive ketones (excluding diaryl/α,β-unsaturated/α-hetero) is 1. The fraction of sp³-hybridized carbons (Fsp3) is 0.316. The Hall–Kier alpha value is -2.87. The van der Waals surface area contributed by atoms with Gasteiger partial charge >= 0.3 is 5.97 Å². The summed E-state index contributed by atoms with van der Waals surface area (Å²) in [5.41, 5.74) is 1.23. The predicted octanol–water partition coefficient (Wildman–Crippen LogP) is 3.38. The molecule has 1 aromatic carbocycles. The van der Waals surface area contributed by atoms with E-state index >= 15 is 0 Å². The van der Waals surface area contributed by atoms with Crippen molar-refractivity contribution in [2.45, 2.75) is 20.8 Å². The lowest BCUT2D eigenvalue weighted by molar-refractivity contribution is -0.114. The minimum absolute atomic E-state index is 0.255. The SMILES string of the molecule is COc1ccc(OC)c(C(=O)COC(=O)c2c(NC(C)=O)sc(C)c2C)c1. The van der Waals surface area contributed by atoms with Crippen LogP contribution in [0.25, 0.3) is 0 Å². The van der Waals surface area contributed by atoms with Crippen LogP contribution < -0.4 is 14.8 Å². The Labute approximate surface area is 161 Å². The van der Waals surface area contributed by atoms with Crippen molar-refractivity contribution in [2.24, 2.45) is 0 Å². The second-order valence-electron chi connectivity index (χ2n) is 5.73. The molecular formula is C19H21NO6S. The van der Waals surface area contributed by atoms with E-state index in [1.54, 1.807) is 19.1 Å². The number of hydrogen-bond donors (Lipinski definition) is 1. The highest BCUT2D eigenvalue weighted by Crippen LogP contribution is 2.33. The van der Waals surface area contributed by atoms with E-state index in [-0.39, 0.29) is 17.0 Å². The van der Waals surface area contributed by atoms with Gasteiger partial charge in [0.15, 0.2) is 6.61 Å². The summed E-state index contributed by atoms with van der Waals surface area (Å²) in [6, 6.07) is 4.80. The molecule has 0 aliphatic heterocycles. The van der Waals surface area contributed by atoms with Crippen molar-refractivity contribution >= 4 is 34.0 Å². The molecule has 0 aliphatic carbocycles. The molecule has 2 rings (SSSR count). The molecule has 1 aromatic heterocycles. The van der Waals surface area contributed by atoms with Crippen LogP contribution in [0.3, 0.4) is 0 Å². The van der Waals surface area contributed by atoms with Crippen LogP contribution in [0.15, 0.2) is 18.2 Å². The molecule has 0 atom stereocenters. The van der Waals surface area contributed by atoms with Crippen LogP contribution in [0.2, 0.25) is 0 Å². The first-order chi connectivity index (χ1) is 12.8. The number of aryl methyl sites for hydroxylation is 1. The molecule has 27 heavy (non-hydrogen) atoms. The lowest BCUT2D eigenvalue weighted by atomic mass is 10.1. The lowest BCUT2D eigenvalue weighted by Gasteiger charge is -2.10. The zero-order valence-corrected chi connectivity index (χ0v) is 16.6. The summed E-state index contributed by atoms with van der Waals surface area (Å²) in [4.78, 5) is 37.3. The number of thiophene rings is 1. The quantitative estimate of drug-likeness (QED) is 0.575. The first kappa shape index (κ1) is 20.4. The Morgan fingerprint density at radius 2 is 1.81 bits per heavy atom. The van der Waals surface area contributed by atoms with Crippen molar-refractivity contribution in [3.8, 4) is 11.5 Å². The number of esters is 1. The van der Waals surface area contributed by atoms with Gasteiger partial charge < -0.3 is 19.5 Å². The van der Waals surface area contributed by atoms with Crippen molar-refractivity contribution in [3.05, 3.63) is 39.8 Å². The smallest absolute Gasteiger partial charge is 0.341 e. The van der Waals surface area contributed by atoms with Crippen LogP contribution in [0, 0.1) is 13.8 Å². The average Bonchev–Trinajstić information content (AvgIpc) is 2.91. The van der Waals surface area contributed by atoms with E-state index in [2.05, 4.69) is 5.32 Å². The van der Waals surface area contributed by atoms with Crippen LogP contribution >= 0.6 is 11.3 Å². The van der Waals surface area contributed by atoms with Crippen LogP contribution in [0.5, 0.6) is 11.5 Å². The van der Waals surface area contributed by atoms with Gasteiger partial charge in [0.05, 0.1) is 25.3 Å². The fourth-order valence-electron chi connectivity index (χ4n) is 2.43. The van der Waals surface area contributed by atoms with E-state index in [1.807, 2.05) is 6.92 Å². The maximum atomic E-state index is 12.5. The third-order valence-corrected chi connectivity index (χ3v) is 5.04. The van der Waals surface area contributed by atoms with Gasteiger partial charge in [0, 0.05) is 11.8 Å². The molecule has 2 aromatic rings. The number of nitrogens with one attached hydrogen (secondary N) is 1. The number of anilines is 1. The van der Waals surface area contributed by atoms with Gasteiger partial charge in [-0.05, 0) is 37.6 Å². The van der Waals surface area contributed by atoms with E-state index in [0.29, 0.717) is 22.1 Å². The first-order valence-corrected chi connectivity index (χ1v) is 8.90. The maximum absolute atomic E-state index is 12.5. The standard InChI is InChI=1S/C19H21NO6S/c1-10-11(2)27-18(20-12(3)21)17(10)19(23)26-9-15(22)14-8-13(24-4)6-7-16(14)25-5/h6-8H,9H2,1-5H3,(H,20,21). The van der Waals surface area contributed by atoms with Gasteiger partial charge in [0.1, 0.15) is 16.5 Å². The number of benzene rings is 1. The minimum Gasteiger partial charge on any atom is -0.497 e. The van der Waals surface area contributed by atoms with Gasteiger partial charge in [0.2, 0.25) is 11.7 Å². The number of carbonyl (C=O) groups is 3. The van der Waals surface area contributed by atoms with Gasteiger partial charge in [-0.1, -0.05) is 0 Å². The summed E-state index contributed by atoms with van der Waals surface area (Å²) in [7, 11) is 2.93. The van der Waals surface area contributed by atoms with E-state index in [4.69, 9.17) is 14.2 Å². The third kappa shape index (κ3) is 4.65. The molecule has 0 saturated heterocycles. The molecule has 8 heteroatoms. The van der Waals surface area contributed by atoms with E-state index in [9.17, 15) is 14.4 Å². The predicted molar refractivity (Wildman–Crippen MR) is 102 cm³/mol. The molecule has 0 spiro atoms. The lowest BCUT2D eigenvalue weighted by Crippen LogP contribution is -2.17. The van der Waals surface area contributed by atoms with Gasteiger partial charge in [0.25, 0.3) is 0 Å². The molecular weight excluding hydrogens is 370 g/mol. The molecule has 0 unspecified atom stereocenters. The number of hydrogen-bond acceptors (Lipinski definition) is 7. The molecule has 0 radical (unpaired) electrons. The van der Waals surface area contributed by atoms with Crippen LogP contribution in [-0.4, -0.2) is 38.5 Å².